The Labute approximate surface area is 183 Å². The molecule has 0 saturated carbocycles. The minimum absolute atomic E-state index is 0.0480. The average Bonchev–Trinajstić information content (AvgIpc) is 2.69. The first-order valence-electron chi connectivity index (χ1n) is 10.2. The van der Waals surface area contributed by atoms with Crippen LogP contribution in [0.25, 0.3) is 22.5 Å². The number of allylic oxidation sites excluding steroid dienone is 1. The average molecular weight is 417 g/mol. The van der Waals surface area contributed by atoms with Gasteiger partial charge in [0.2, 0.25) is 0 Å². The van der Waals surface area contributed by atoms with E-state index in [9.17, 15) is 4.79 Å². The highest BCUT2D eigenvalue weighted by molar-refractivity contribution is 5.75. The molecule has 160 valence electrons. The van der Waals surface area contributed by atoms with E-state index in [1.54, 1.807) is 20.8 Å². The van der Waals surface area contributed by atoms with E-state index < -0.39 is 11.8 Å². The predicted molar refractivity (Wildman–Crippen MR) is 123 cm³/mol. The minimum Gasteiger partial charge on any atom is -0.428 e. The van der Waals surface area contributed by atoms with Crippen LogP contribution in [0.1, 0.15) is 37.5 Å². The van der Waals surface area contributed by atoms with Crippen molar-refractivity contribution in [2.45, 2.75) is 46.6 Å². The molecule has 0 spiro atoms. The van der Waals surface area contributed by atoms with E-state index in [1.165, 1.54) is 0 Å². The lowest BCUT2D eigenvalue weighted by Gasteiger charge is -2.19. The SMILES string of the molecule is C=CCc1c(-c2ccc(C)cc2)nc(OC(=O)OC(C)(C)C)nc1-c1ccc(C)cc1. The van der Waals surface area contributed by atoms with Crippen molar-refractivity contribution in [3.63, 3.8) is 0 Å². The van der Waals surface area contributed by atoms with Crippen LogP contribution in [0.2, 0.25) is 0 Å². The Morgan fingerprint density at radius 3 is 1.74 bits per heavy atom. The Kier molecular flexibility index (Phi) is 6.54. The zero-order chi connectivity index (χ0) is 22.6. The summed E-state index contributed by atoms with van der Waals surface area (Å²) in [4.78, 5) is 21.4. The van der Waals surface area contributed by atoms with Gasteiger partial charge in [0.1, 0.15) is 5.60 Å². The van der Waals surface area contributed by atoms with Crippen LogP contribution in [0.3, 0.4) is 0 Å². The summed E-state index contributed by atoms with van der Waals surface area (Å²) < 4.78 is 10.7. The number of hydrogen-bond donors (Lipinski definition) is 0. The van der Waals surface area contributed by atoms with Gasteiger partial charge in [-0.25, -0.2) is 4.79 Å². The van der Waals surface area contributed by atoms with Gasteiger partial charge < -0.3 is 9.47 Å². The van der Waals surface area contributed by atoms with Crippen LogP contribution >= 0.6 is 0 Å². The number of ether oxygens (including phenoxy) is 2. The van der Waals surface area contributed by atoms with Gasteiger partial charge in [0, 0.05) is 16.7 Å². The molecule has 31 heavy (non-hydrogen) atoms. The van der Waals surface area contributed by atoms with Crippen LogP contribution < -0.4 is 4.74 Å². The van der Waals surface area contributed by atoms with E-state index >= 15 is 0 Å². The summed E-state index contributed by atoms with van der Waals surface area (Å²) in [5.74, 6) is 0. The number of rotatable bonds is 5. The maximum absolute atomic E-state index is 12.3. The number of carbonyl (C=O) groups is 1. The van der Waals surface area contributed by atoms with Crippen LogP contribution in [0, 0.1) is 13.8 Å². The summed E-state index contributed by atoms with van der Waals surface area (Å²) in [6.07, 6.45) is 1.55. The Hall–Kier alpha value is -3.47. The van der Waals surface area contributed by atoms with E-state index in [4.69, 9.17) is 9.47 Å². The Morgan fingerprint density at radius 1 is 0.903 bits per heavy atom. The molecule has 1 heterocycles. The van der Waals surface area contributed by atoms with Gasteiger partial charge in [0.15, 0.2) is 0 Å². The van der Waals surface area contributed by atoms with Gasteiger partial charge in [-0.3, -0.25) is 0 Å². The lowest BCUT2D eigenvalue weighted by atomic mass is 9.97. The van der Waals surface area contributed by atoms with Gasteiger partial charge in [-0.1, -0.05) is 65.7 Å². The molecule has 0 radical (unpaired) electrons. The Morgan fingerprint density at radius 2 is 1.35 bits per heavy atom. The van der Waals surface area contributed by atoms with Crippen molar-refractivity contribution in [3.05, 3.63) is 77.9 Å². The molecule has 0 aliphatic rings. The largest absolute Gasteiger partial charge is 0.516 e. The molecule has 2 aromatic carbocycles. The number of aryl methyl sites for hydroxylation is 2. The smallest absolute Gasteiger partial charge is 0.428 e. The Balaban J connectivity index is 2.18. The van der Waals surface area contributed by atoms with Crippen molar-refractivity contribution in [2.24, 2.45) is 0 Å². The molecule has 0 amide bonds. The third-order valence-corrected chi connectivity index (χ3v) is 4.55. The minimum atomic E-state index is -0.839. The zero-order valence-electron chi connectivity index (χ0n) is 18.7. The van der Waals surface area contributed by atoms with E-state index in [0.29, 0.717) is 17.8 Å². The molecule has 0 unspecified atom stereocenters. The van der Waals surface area contributed by atoms with Gasteiger partial charge in [0.25, 0.3) is 0 Å². The zero-order valence-corrected chi connectivity index (χ0v) is 18.7. The molecule has 5 heteroatoms. The van der Waals surface area contributed by atoms with Crippen molar-refractivity contribution in [3.8, 4) is 28.5 Å². The number of nitrogens with zero attached hydrogens (tertiary/aromatic N) is 2. The van der Waals surface area contributed by atoms with Gasteiger partial charge in [-0.2, -0.15) is 9.97 Å². The number of aromatic nitrogens is 2. The standard InChI is InChI=1S/C26H28N2O3/c1-7-8-21-22(19-13-9-17(2)10-14-19)27-24(30-25(29)31-26(4,5)6)28-23(21)20-15-11-18(3)12-16-20/h7,9-16H,1,8H2,2-6H3. The number of benzene rings is 2. The van der Waals surface area contributed by atoms with Crippen molar-refractivity contribution >= 4 is 6.16 Å². The molecule has 5 nitrogen and oxygen atoms in total. The number of carbonyl (C=O) groups excluding carboxylic acids is 1. The van der Waals surface area contributed by atoms with E-state index in [-0.39, 0.29) is 6.01 Å². The summed E-state index contributed by atoms with van der Waals surface area (Å²) in [5.41, 5.74) is 5.74. The lowest BCUT2D eigenvalue weighted by molar-refractivity contribution is 0.0188. The van der Waals surface area contributed by atoms with Crippen LogP contribution in [0.4, 0.5) is 4.79 Å². The topological polar surface area (TPSA) is 61.3 Å². The predicted octanol–water partition coefficient (Wildman–Crippen LogP) is 6.47. The lowest BCUT2D eigenvalue weighted by Crippen LogP contribution is -2.26. The second-order valence-corrected chi connectivity index (χ2v) is 8.47. The summed E-state index contributed by atoms with van der Waals surface area (Å²) in [7, 11) is 0. The fourth-order valence-corrected chi connectivity index (χ4v) is 3.09. The van der Waals surface area contributed by atoms with Crippen molar-refractivity contribution < 1.29 is 14.3 Å². The first-order chi connectivity index (χ1) is 14.7. The van der Waals surface area contributed by atoms with Crippen LogP contribution in [0.5, 0.6) is 6.01 Å². The summed E-state index contributed by atoms with van der Waals surface area (Å²) in [6, 6.07) is 16.0. The van der Waals surface area contributed by atoms with Crippen LogP contribution in [-0.2, 0) is 11.2 Å². The molecule has 0 atom stereocenters. The molecular weight excluding hydrogens is 388 g/mol. The molecule has 3 rings (SSSR count). The van der Waals surface area contributed by atoms with Crippen LogP contribution in [-0.4, -0.2) is 21.7 Å². The quantitative estimate of drug-likeness (QED) is 0.352. The molecule has 0 aliphatic heterocycles. The second kappa shape index (κ2) is 9.13. The molecule has 0 N–H and O–H groups in total. The Bertz CT molecular complexity index is 1010. The van der Waals surface area contributed by atoms with Gasteiger partial charge in [-0.05, 0) is 41.0 Å². The summed E-state index contributed by atoms with van der Waals surface area (Å²) in [5, 5.41) is 0. The second-order valence-electron chi connectivity index (χ2n) is 8.47. The highest BCUT2D eigenvalue weighted by Gasteiger charge is 2.22. The third-order valence-electron chi connectivity index (χ3n) is 4.55. The van der Waals surface area contributed by atoms with E-state index in [0.717, 1.165) is 27.8 Å². The monoisotopic (exact) mass is 416 g/mol. The third kappa shape index (κ3) is 5.79. The van der Waals surface area contributed by atoms with Crippen molar-refractivity contribution in [1.29, 1.82) is 0 Å². The van der Waals surface area contributed by atoms with E-state index in [2.05, 4.69) is 16.5 Å². The van der Waals surface area contributed by atoms with Gasteiger partial charge in [-0.15, -0.1) is 6.58 Å². The van der Waals surface area contributed by atoms with Gasteiger partial charge in [0.05, 0.1) is 11.4 Å². The molecular formula is C26H28N2O3. The highest BCUT2D eigenvalue weighted by atomic mass is 16.7. The maximum Gasteiger partial charge on any atom is 0.516 e. The molecule has 3 aromatic rings. The van der Waals surface area contributed by atoms with Crippen LogP contribution in [0.15, 0.2) is 61.2 Å². The first kappa shape index (κ1) is 22.2. The fourth-order valence-electron chi connectivity index (χ4n) is 3.09. The van der Waals surface area contributed by atoms with E-state index in [1.807, 2.05) is 68.5 Å². The first-order valence-corrected chi connectivity index (χ1v) is 10.2. The molecule has 0 bridgehead atoms. The molecule has 1 aromatic heterocycles. The molecule has 0 fully saturated rings. The molecule has 0 aliphatic carbocycles. The summed E-state index contributed by atoms with van der Waals surface area (Å²) in [6.45, 7) is 13.3. The summed E-state index contributed by atoms with van der Waals surface area (Å²) >= 11 is 0. The normalized spacial score (nSPS) is 11.1. The van der Waals surface area contributed by atoms with Gasteiger partial charge >= 0.3 is 12.2 Å². The fraction of sp³-hybridized carbons (Fsp3) is 0.269. The highest BCUT2D eigenvalue weighted by Crippen LogP contribution is 2.33. The molecule has 0 saturated heterocycles. The van der Waals surface area contributed by atoms with Crippen molar-refractivity contribution in [1.82, 2.24) is 9.97 Å². The maximum atomic E-state index is 12.3. The number of hydrogen-bond acceptors (Lipinski definition) is 5. The van der Waals surface area contributed by atoms with Crippen molar-refractivity contribution in [2.75, 3.05) is 0 Å².